The van der Waals surface area contributed by atoms with Crippen LogP contribution in [0.4, 0.5) is 0 Å². The van der Waals surface area contributed by atoms with Crippen LogP contribution in [0.5, 0.6) is 0 Å². The standard InChI is InChI=1S/C8H11N.FH/c1-9(2)7-8-5-3-4-6-8;/h3-7H,1-2H3;1H/p-1. The lowest BCUT2D eigenvalue weighted by Crippen LogP contribution is -3.00. The molecule has 0 aliphatic heterocycles. The smallest absolute Gasteiger partial charge is 0.00586 e. The van der Waals surface area contributed by atoms with E-state index in [1.54, 1.807) is 0 Å². The Morgan fingerprint density at radius 1 is 1.20 bits per heavy atom. The molecule has 1 aliphatic carbocycles. The normalized spacial score (nSPS) is 13.2. The van der Waals surface area contributed by atoms with Crippen molar-refractivity contribution in [1.82, 2.24) is 4.90 Å². The van der Waals surface area contributed by atoms with Gasteiger partial charge in [0.15, 0.2) is 0 Å². The quantitative estimate of drug-likeness (QED) is 0.431. The molecule has 10 heavy (non-hydrogen) atoms. The predicted molar refractivity (Wildman–Crippen MR) is 40.1 cm³/mol. The first kappa shape index (κ1) is 8.95. The van der Waals surface area contributed by atoms with E-state index in [-0.39, 0.29) is 4.70 Å². The molecule has 1 nitrogen and oxygen atoms in total. The highest BCUT2D eigenvalue weighted by atomic mass is 19.0. The first-order valence-corrected chi connectivity index (χ1v) is 3.02. The molecule has 0 radical (unpaired) electrons. The highest BCUT2D eigenvalue weighted by Gasteiger charge is 1.89. The fourth-order valence-electron chi connectivity index (χ4n) is 0.773. The van der Waals surface area contributed by atoms with Crippen molar-refractivity contribution >= 4 is 0 Å². The molecule has 0 unspecified atom stereocenters. The summed E-state index contributed by atoms with van der Waals surface area (Å²) in [4.78, 5) is 2.04. The number of hydrogen-bond acceptors (Lipinski definition) is 1. The Morgan fingerprint density at radius 3 is 2.10 bits per heavy atom. The summed E-state index contributed by atoms with van der Waals surface area (Å²) in [6.45, 7) is 0. The van der Waals surface area contributed by atoms with Gasteiger partial charge in [0.1, 0.15) is 0 Å². The SMILES string of the molecule is CN(C)C=C1C=CC=C1.[F-]. The highest BCUT2D eigenvalue weighted by Crippen LogP contribution is 2.06. The van der Waals surface area contributed by atoms with E-state index >= 15 is 0 Å². The molecular formula is C8H11FN-. The summed E-state index contributed by atoms with van der Waals surface area (Å²) >= 11 is 0. The van der Waals surface area contributed by atoms with Crippen LogP contribution in [0.2, 0.25) is 0 Å². The molecule has 1 rings (SSSR count). The van der Waals surface area contributed by atoms with Gasteiger partial charge in [0.25, 0.3) is 0 Å². The summed E-state index contributed by atoms with van der Waals surface area (Å²) in [5.74, 6) is 0. The maximum absolute atomic E-state index is 2.08. The second kappa shape index (κ2) is 3.88. The Morgan fingerprint density at radius 2 is 1.70 bits per heavy atom. The molecule has 2 heteroatoms. The fraction of sp³-hybridized carbons (Fsp3) is 0.250. The van der Waals surface area contributed by atoms with Crippen molar-refractivity contribution in [3.63, 3.8) is 0 Å². The zero-order chi connectivity index (χ0) is 6.69. The van der Waals surface area contributed by atoms with Crippen LogP contribution in [0.15, 0.2) is 36.1 Å². The van der Waals surface area contributed by atoms with Gasteiger partial charge in [-0.3, -0.25) is 0 Å². The van der Waals surface area contributed by atoms with E-state index in [0.717, 1.165) is 0 Å². The molecule has 0 atom stereocenters. The third kappa shape index (κ3) is 2.49. The van der Waals surface area contributed by atoms with Crippen LogP contribution >= 0.6 is 0 Å². The second-order valence-electron chi connectivity index (χ2n) is 2.31. The van der Waals surface area contributed by atoms with Crippen LogP contribution in [0, 0.1) is 0 Å². The number of rotatable bonds is 1. The van der Waals surface area contributed by atoms with Crippen molar-refractivity contribution in [3.05, 3.63) is 36.1 Å². The summed E-state index contributed by atoms with van der Waals surface area (Å²) in [5, 5.41) is 0. The van der Waals surface area contributed by atoms with Gasteiger partial charge in [-0.15, -0.1) is 0 Å². The monoisotopic (exact) mass is 140 g/mol. The average Bonchev–Trinajstić information content (AvgIpc) is 2.15. The maximum Gasteiger partial charge on any atom is 0.00586 e. The number of hydrogen-bond donors (Lipinski definition) is 0. The lowest BCUT2D eigenvalue weighted by atomic mass is 10.3. The molecule has 0 heterocycles. The van der Waals surface area contributed by atoms with Gasteiger partial charge in [-0.25, -0.2) is 0 Å². The van der Waals surface area contributed by atoms with E-state index in [4.69, 9.17) is 0 Å². The van der Waals surface area contributed by atoms with Crippen LogP contribution < -0.4 is 4.70 Å². The van der Waals surface area contributed by atoms with Gasteiger partial charge in [0.2, 0.25) is 0 Å². The molecule has 0 N–H and O–H groups in total. The molecule has 0 aromatic heterocycles. The Bertz CT molecular complexity index is 164. The van der Waals surface area contributed by atoms with Crippen LogP contribution in [-0.2, 0) is 0 Å². The van der Waals surface area contributed by atoms with Crippen molar-refractivity contribution in [2.45, 2.75) is 0 Å². The van der Waals surface area contributed by atoms with E-state index in [9.17, 15) is 0 Å². The largest absolute Gasteiger partial charge is 1.00 e. The summed E-state index contributed by atoms with van der Waals surface area (Å²) in [7, 11) is 4.04. The predicted octanol–water partition coefficient (Wildman–Crippen LogP) is -1.44. The minimum absolute atomic E-state index is 0. The van der Waals surface area contributed by atoms with Gasteiger partial charge in [0.05, 0.1) is 0 Å². The number of halogens is 1. The van der Waals surface area contributed by atoms with Crippen molar-refractivity contribution in [2.75, 3.05) is 14.1 Å². The van der Waals surface area contributed by atoms with Gasteiger partial charge in [-0.2, -0.15) is 0 Å². The molecule has 0 bridgehead atoms. The van der Waals surface area contributed by atoms with E-state index in [1.807, 2.05) is 31.1 Å². The van der Waals surface area contributed by atoms with Crippen molar-refractivity contribution in [3.8, 4) is 0 Å². The zero-order valence-corrected chi connectivity index (χ0v) is 6.21. The number of nitrogens with zero attached hydrogens (tertiary/aromatic N) is 1. The third-order valence-corrected chi connectivity index (χ3v) is 1.10. The summed E-state index contributed by atoms with van der Waals surface area (Å²) < 4.78 is 0. The molecule has 1 aliphatic rings. The minimum atomic E-state index is 0. The Kier molecular flexibility index (Phi) is 3.47. The van der Waals surface area contributed by atoms with Gasteiger partial charge < -0.3 is 9.60 Å². The summed E-state index contributed by atoms with van der Waals surface area (Å²) in [6, 6.07) is 0. The molecule has 0 aromatic carbocycles. The summed E-state index contributed by atoms with van der Waals surface area (Å²) in [6.07, 6.45) is 10.3. The van der Waals surface area contributed by atoms with Gasteiger partial charge in [-0.1, -0.05) is 24.3 Å². The first-order chi connectivity index (χ1) is 4.29. The molecule has 0 saturated heterocycles. The molecular weight excluding hydrogens is 129 g/mol. The van der Waals surface area contributed by atoms with E-state index in [1.165, 1.54) is 5.57 Å². The molecule has 56 valence electrons. The Balaban J connectivity index is 0.000000810. The van der Waals surface area contributed by atoms with Crippen LogP contribution in [0.25, 0.3) is 0 Å². The maximum atomic E-state index is 2.08. The van der Waals surface area contributed by atoms with Gasteiger partial charge >= 0.3 is 0 Å². The van der Waals surface area contributed by atoms with Crippen molar-refractivity contribution < 1.29 is 4.70 Å². The van der Waals surface area contributed by atoms with Crippen LogP contribution in [0.1, 0.15) is 0 Å². The summed E-state index contributed by atoms with van der Waals surface area (Å²) in [5.41, 5.74) is 1.26. The second-order valence-corrected chi connectivity index (χ2v) is 2.31. The van der Waals surface area contributed by atoms with Crippen LogP contribution in [0.3, 0.4) is 0 Å². The van der Waals surface area contributed by atoms with Crippen molar-refractivity contribution in [2.24, 2.45) is 0 Å². The molecule has 0 amide bonds. The van der Waals surface area contributed by atoms with E-state index < -0.39 is 0 Å². The minimum Gasteiger partial charge on any atom is -1.00 e. The topological polar surface area (TPSA) is 3.24 Å². The van der Waals surface area contributed by atoms with E-state index in [0.29, 0.717) is 0 Å². The van der Waals surface area contributed by atoms with E-state index in [2.05, 4.69) is 18.4 Å². The first-order valence-electron chi connectivity index (χ1n) is 3.02. The third-order valence-electron chi connectivity index (χ3n) is 1.10. The molecule has 0 aromatic rings. The van der Waals surface area contributed by atoms with Crippen molar-refractivity contribution in [1.29, 1.82) is 0 Å². The Hall–Kier alpha value is -1.05. The zero-order valence-electron chi connectivity index (χ0n) is 6.21. The van der Waals surface area contributed by atoms with Gasteiger partial charge in [-0.05, 0) is 5.57 Å². The Labute approximate surface area is 60.7 Å². The highest BCUT2D eigenvalue weighted by molar-refractivity contribution is 5.39. The molecule has 0 saturated carbocycles. The lowest BCUT2D eigenvalue weighted by Gasteiger charge is -2.03. The number of allylic oxidation sites excluding steroid dienone is 5. The van der Waals surface area contributed by atoms with Gasteiger partial charge in [0, 0.05) is 20.3 Å². The molecule has 0 fully saturated rings. The fourth-order valence-corrected chi connectivity index (χ4v) is 0.773. The molecule has 0 spiro atoms. The van der Waals surface area contributed by atoms with Crippen LogP contribution in [-0.4, -0.2) is 19.0 Å². The average molecular weight is 140 g/mol. The lowest BCUT2D eigenvalue weighted by molar-refractivity contribution is -0.00000190.